The number of amides is 1. The van der Waals surface area contributed by atoms with E-state index in [9.17, 15) is 4.79 Å². The number of carbonyl (C=O) groups excluding carboxylic acids is 1. The second-order valence-electron chi connectivity index (χ2n) is 7.39. The van der Waals surface area contributed by atoms with Gasteiger partial charge in [-0.2, -0.15) is 0 Å². The van der Waals surface area contributed by atoms with Crippen LogP contribution in [0.3, 0.4) is 0 Å². The van der Waals surface area contributed by atoms with Gasteiger partial charge >= 0.3 is 0 Å². The van der Waals surface area contributed by atoms with Gasteiger partial charge in [0.15, 0.2) is 11.5 Å². The number of rotatable bonds is 9. The predicted octanol–water partition coefficient (Wildman–Crippen LogP) is 3.94. The van der Waals surface area contributed by atoms with Crippen molar-refractivity contribution in [2.45, 2.75) is 46.2 Å². The van der Waals surface area contributed by atoms with Crippen molar-refractivity contribution in [3.05, 3.63) is 59.2 Å². The molecule has 0 atom stereocenters. The van der Waals surface area contributed by atoms with Gasteiger partial charge in [0.25, 0.3) is 0 Å². The van der Waals surface area contributed by atoms with Gasteiger partial charge in [-0.1, -0.05) is 44.2 Å². The normalized spacial score (nSPS) is 13.2. The number of hydrogen-bond donors (Lipinski definition) is 1. The standard InChI is InChI=1S/C24H32N2O3/c1-3-26(4-2)18-21-8-5-7-20(15-21)17-25-24(27)12-10-19-9-11-22-23(16-19)29-14-6-13-28-22/h5,7-9,11,15-16H,3-4,6,10,12-14,17-18H2,1-2H3,(H,25,27). The Morgan fingerprint density at radius 2 is 1.72 bits per heavy atom. The zero-order valence-electron chi connectivity index (χ0n) is 17.6. The third-order valence-electron chi connectivity index (χ3n) is 5.23. The second kappa shape index (κ2) is 10.9. The highest BCUT2D eigenvalue weighted by Gasteiger charge is 2.11. The van der Waals surface area contributed by atoms with E-state index < -0.39 is 0 Å². The number of ether oxygens (including phenoxy) is 2. The van der Waals surface area contributed by atoms with Gasteiger partial charge < -0.3 is 14.8 Å². The lowest BCUT2D eigenvalue weighted by Crippen LogP contribution is -2.24. The summed E-state index contributed by atoms with van der Waals surface area (Å²) in [6.45, 7) is 9.29. The summed E-state index contributed by atoms with van der Waals surface area (Å²) in [6, 6.07) is 14.4. The first kappa shape index (κ1) is 21.2. The summed E-state index contributed by atoms with van der Waals surface area (Å²) in [5.74, 6) is 1.64. The number of benzene rings is 2. The van der Waals surface area contributed by atoms with Gasteiger partial charge in [-0.15, -0.1) is 0 Å². The first-order chi connectivity index (χ1) is 14.2. The van der Waals surface area contributed by atoms with E-state index in [2.05, 4.69) is 48.3 Å². The maximum Gasteiger partial charge on any atom is 0.220 e. The van der Waals surface area contributed by atoms with Crippen LogP contribution in [0, 0.1) is 0 Å². The molecule has 1 amide bonds. The summed E-state index contributed by atoms with van der Waals surface area (Å²) in [5.41, 5.74) is 3.51. The molecule has 2 aromatic rings. The smallest absolute Gasteiger partial charge is 0.220 e. The third-order valence-corrected chi connectivity index (χ3v) is 5.23. The number of hydrogen-bond acceptors (Lipinski definition) is 4. The van der Waals surface area contributed by atoms with E-state index >= 15 is 0 Å². The summed E-state index contributed by atoms with van der Waals surface area (Å²) in [4.78, 5) is 14.7. The van der Waals surface area contributed by atoms with E-state index in [1.165, 1.54) is 5.56 Å². The SMILES string of the molecule is CCN(CC)Cc1cccc(CNC(=O)CCc2ccc3c(c2)OCCCO3)c1. The lowest BCUT2D eigenvalue weighted by atomic mass is 10.1. The highest BCUT2D eigenvalue weighted by Crippen LogP contribution is 2.30. The molecular weight excluding hydrogens is 364 g/mol. The van der Waals surface area contributed by atoms with Crippen LogP contribution < -0.4 is 14.8 Å². The zero-order valence-corrected chi connectivity index (χ0v) is 17.6. The minimum absolute atomic E-state index is 0.0613. The Kier molecular flexibility index (Phi) is 7.94. The number of nitrogens with one attached hydrogen (secondary N) is 1. The summed E-state index contributed by atoms with van der Waals surface area (Å²) in [7, 11) is 0. The fourth-order valence-electron chi connectivity index (χ4n) is 3.45. The Hall–Kier alpha value is -2.53. The summed E-state index contributed by atoms with van der Waals surface area (Å²) < 4.78 is 11.4. The minimum Gasteiger partial charge on any atom is -0.490 e. The van der Waals surface area contributed by atoms with Crippen molar-refractivity contribution in [1.29, 1.82) is 0 Å². The van der Waals surface area contributed by atoms with Gasteiger partial charge in [-0.3, -0.25) is 9.69 Å². The van der Waals surface area contributed by atoms with Crippen LogP contribution in [0.5, 0.6) is 11.5 Å². The molecule has 0 spiro atoms. The highest BCUT2D eigenvalue weighted by molar-refractivity contribution is 5.76. The molecule has 0 bridgehead atoms. The predicted molar refractivity (Wildman–Crippen MR) is 115 cm³/mol. The largest absolute Gasteiger partial charge is 0.490 e. The van der Waals surface area contributed by atoms with Crippen LogP contribution in [0.15, 0.2) is 42.5 Å². The molecule has 0 aliphatic carbocycles. The Morgan fingerprint density at radius 1 is 0.966 bits per heavy atom. The highest BCUT2D eigenvalue weighted by atomic mass is 16.5. The second-order valence-corrected chi connectivity index (χ2v) is 7.39. The molecule has 1 heterocycles. The van der Waals surface area contributed by atoms with Crippen molar-refractivity contribution in [1.82, 2.24) is 10.2 Å². The van der Waals surface area contributed by atoms with Gasteiger partial charge in [0.2, 0.25) is 5.91 Å². The van der Waals surface area contributed by atoms with Crippen LogP contribution in [0.1, 0.15) is 43.4 Å². The van der Waals surface area contributed by atoms with Crippen molar-refractivity contribution >= 4 is 5.91 Å². The lowest BCUT2D eigenvalue weighted by molar-refractivity contribution is -0.121. The Morgan fingerprint density at radius 3 is 2.52 bits per heavy atom. The lowest BCUT2D eigenvalue weighted by Gasteiger charge is -2.18. The van der Waals surface area contributed by atoms with E-state index in [0.717, 1.165) is 48.7 Å². The molecule has 0 fully saturated rings. The molecule has 2 aromatic carbocycles. The average Bonchev–Trinajstić information content (AvgIpc) is 3.00. The van der Waals surface area contributed by atoms with Crippen LogP contribution in [-0.2, 0) is 24.3 Å². The molecule has 29 heavy (non-hydrogen) atoms. The molecule has 0 radical (unpaired) electrons. The molecule has 0 saturated heterocycles. The van der Waals surface area contributed by atoms with E-state index in [0.29, 0.717) is 32.6 Å². The summed E-state index contributed by atoms with van der Waals surface area (Å²) >= 11 is 0. The molecule has 1 aliphatic heterocycles. The number of carbonyl (C=O) groups is 1. The third kappa shape index (κ3) is 6.50. The maximum atomic E-state index is 12.3. The number of aryl methyl sites for hydroxylation is 1. The van der Waals surface area contributed by atoms with E-state index in [1.807, 2.05) is 18.2 Å². The molecule has 3 rings (SSSR count). The van der Waals surface area contributed by atoms with Crippen molar-refractivity contribution < 1.29 is 14.3 Å². The van der Waals surface area contributed by atoms with Gasteiger partial charge in [-0.25, -0.2) is 0 Å². The van der Waals surface area contributed by atoms with Crippen molar-refractivity contribution in [3.8, 4) is 11.5 Å². The molecular formula is C24H32N2O3. The molecule has 5 nitrogen and oxygen atoms in total. The molecule has 156 valence electrons. The van der Waals surface area contributed by atoms with Crippen molar-refractivity contribution in [2.75, 3.05) is 26.3 Å². The van der Waals surface area contributed by atoms with Crippen molar-refractivity contribution in [2.24, 2.45) is 0 Å². The van der Waals surface area contributed by atoms with Gasteiger partial charge in [-0.05, 0) is 48.3 Å². The molecule has 0 saturated carbocycles. The van der Waals surface area contributed by atoms with E-state index in [1.54, 1.807) is 0 Å². The monoisotopic (exact) mass is 396 g/mol. The average molecular weight is 397 g/mol. The van der Waals surface area contributed by atoms with Gasteiger partial charge in [0.05, 0.1) is 13.2 Å². The fraction of sp³-hybridized carbons (Fsp3) is 0.458. The Bertz CT molecular complexity index is 802. The molecule has 0 aromatic heterocycles. The van der Waals surface area contributed by atoms with Gasteiger partial charge in [0.1, 0.15) is 0 Å². The maximum absolute atomic E-state index is 12.3. The first-order valence-electron chi connectivity index (χ1n) is 10.6. The summed E-state index contributed by atoms with van der Waals surface area (Å²) in [6.07, 6.45) is 2.03. The number of fused-ring (bicyclic) bond motifs is 1. The van der Waals surface area contributed by atoms with Crippen LogP contribution in [0.25, 0.3) is 0 Å². The van der Waals surface area contributed by atoms with Crippen LogP contribution in [0.2, 0.25) is 0 Å². The topological polar surface area (TPSA) is 50.8 Å². The quantitative estimate of drug-likeness (QED) is 0.698. The number of nitrogens with zero attached hydrogens (tertiary/aromatic N) is 1. The fourth-order valence-corrected chi connectivity index (χ4v) is 3.45. The van der Waals surface area contributed by atoms with E-state index in [4.69, 9.17) is 9.47 Å². The van der Waals surface area contributed by atoms with Gasteiger partial charge in [0, 0.05) is 25.9 Å². The van der Waals surface area contributed by atoms with Crippen LogP contribution in [0.4, 0.5) is 0 Å². The van der Waals surface area contributed by atoms with Crippen LogP contribution >= 0.6 is 0 Å². The molecule has 5 heteroatoms. The van der Waals surface area contributed by atoms with Crippen LogP contribution in [-0.4, -0.2) is 37.1 Å². The molecule has 1 aliphatic rings. The van der Waals surface area contributed by atoms with E-state index in [-0.39, 0.29) is 5.91 Å². The molecule has 1 N–H and O–H groups in total. The molecule has 0 unspecified atom stereocenters. The summed E-state index contributed by atoms with van der Waals surface area (Å²) in [5, 5.41) is 3.04. The Labute approximate surface area is 174 Å². The van der Waals surface area contributed by atoms with Crippen molar-refractivity contribution in [3.63, 3.8) is 0 Å². The first-order valence-corrected chi connectivity index (χ1v) is 10.6. The minimum atomic E-state index is 0.0613. The Balaban J connectivity index is 1.47. The zero-order chi connectivity index (χ0) is 20.5.